The second-order valence-corrected chi connectivity index (χ2v) is 10.0. The van der Waals surface area contributed by atoms with Gasteiger partial charge in [-0.15, -0.1) is 17.0 Å². The Morgan fingerprint density at radius 1 is 0.800 bits per heavy atom. The topological polar surface area (TPSA) is 53.9 Å². The summed E-state index contributed by atoms with van der Waals surface area (Å²) in [5.74, 6) is 0.664. The summed E-state index contributed by atoms with van der Waals surface area (Å²) < 4.78 is 12.6. The van der Waals surface area contributed by atoms with Crippen molar-refractivity contribution in [2.45, 2.75) is 104 Å². The Morgan fingerprint density at radius 3 is 2.14 bits per heavy atom. The van der Waals surface area contributed by atoms with E-state index in [2.05, 4.69) is 18.8 Å². The van der Waals surface area contributed by atoms with E-state index in [0.29, 0.717) is 24.7 Å². The number of likely N-dealkylation sites (tertiary alicyclic amines) is 1. The summed E-state index contributed by atoms with van der Waals surface area (Å²) in [7, 11) is 0. The van der Waals surface area contributed by atoms with Crippen LogP contribution in [0.1, 0.15) is 104 Å². The number of piperidine rings is 1. The molecule has 2 rings (SSSR count). The van der Waals surface area contributed by atoms with Crippen LogP contribution in [0.3, 0.4) is 0 Å². The van der Waals surface area contributed by atoms with E-state index in [1.54, 1.807) is 0 Å². The average Bonchev–Trinajstić information content (AvgIpc) is 2.85. The van der Waals surface area contributed by atoms with Crippen molar-refractivity contribution >= 4 is 28.8 Å². The molecular weight excluding hydrogens is 504 g/mol. The first-order valence-electron chi connectivity index (χ1n) is 14.1. The fourth-order valence-electron chi connectivity index (χ4n) is 4.99. The first-order chi connectivity index (χ1) is 16.7. The number of nitrogens with zero attached hydrogens (tertiary/aromatic N) is 2. The maximum absolute atomic E-state index is 12.5. The van der Waals surface area contributed by atoms with E-state index in [-0.39, 0.29) is 17.0 Å². The molecule has 0 spiro atoms. The molecule has 0 aromatic heterocycles. The van der Waals surface area contributed by atoms with Crippen LogP contribution in [0.25, 0.3) is 0 Å². The minimum Gasteiger partial charge on any atom is -0.594 e. The van der Waals surface area contributed by atoms with Gasteiger partial charge in [0.05, 0.1) is 32.8 Å². The van der Waals surface area contributed by atoms with E-state index in [0.717, 1.165) is 17.4 Å². The molecule has 1 aliphatic rings. The molecule has 1 saturated heterocycles. The van der Waals surface area contributed by atoms with E-state index in [9.17, 15) is 5.11 Å². The van der Waals surface area contributed by atoms with Gasteiger partial charge in [0, 0.05) is 6.61 Å². The van der Waals surface area contributed by atoms with Crippen LogP contribution in [0.15, 0.2) is 29.3 Å². The lowest BCUT2D eigenvalue weighted by atomic mass is 10.1. The Labute approximate surface area is 225 Å². The first kappa shape index (κ1) is 31.8. The van der Waals surface area contributed by atoms with Gasteiger partial charge in [-0.05, 0) is 50.7 Å². The molecule has 1 heterocycles. The molecule has 1 fully saturated rings. The van der Waals surface area contributed by atoms with Crippen molar-refractivity contribution in [3.63, 3.8) is 0 Å². The molecule has 1 aromatic carbocycles. The summed E-state index contributed by atoms with van der Waals surface area (Å²) in [6, 6.07) is 7.51. The summed E-state index contributed by atoms with van der Waals surface area (Å²) >= 11 is 0. The fourth-order valence-corrected chi connectivity index (χ4v) is 4.99. The van der Waals surface area contributed by atoms with Gasteiger partial charge in [0.1, 0.15) is 11.4 Å². The Kier molecular flexibility index (Phi) is 18.0. The standard InChI is InChI=1S/C29H50N2O3.BrH/c1-3-5-7-9-10-15-21-31(22-16-12-17-23-31)24-26-34-29(32)30-27-19-13-14-20-28(27)33-25-18-11-8-6-4-2;/h13-14,19-20H,3-12,15-18,21-26H2,1-2H3;1H. The minimum absolute atomic E-state index is 0. The van der Waals surface area contributed by atoms with Crippen LogP contribution >= 0.6 is 17.0 Å². The van der Waals surface area contributed by atoms with Gasteiger partial charge in [0.15, 0.2) is 6.08 Å². The molecule has 0 unspecified atom stereocenters. The van der Waals surface area contributed by atoms with Gasteiger partial charge in [0.2, 0.25) is 0 Å². The number of quaternary nitrogens is 1. The molecular formula is C29H51BrN2O3. The summed E-state index contributed by atoms with van der Waals surface area (Å²) in [5.41, 5.74) is 0.565. The molecule has 0 radical (unpaired) electrons. The Morgan fingerprint density at radius 2 is 1.43 bits per heavy atom. The number of rotatable bonds is 18. The summed E-state index contributed by atoms with van der Waals surface area (Å²) in [4.78, 5) is 4.20. The lowest BCUT2D eigenvalue weighted by Crippen LogP contribution is -2.54. The highest BCUT2D eigenvalue weighted by Gasteiger charge is 2.28. The smallest absolute Gasteiger partial charge is 0.151 e. The van der Waals surface area contributed by atoms with E-state index in [1.807, 2.05) is 24.3 Å². The van der Waals surface area contributed by atoms with Crippen molar-refractivity contribution in [3.8, 4) is 5.75 Å². The molecule has 0 bridgehead atoms. The van der Waals surface area contributed by atoms with E-state index in [1.165, 1.54) is 103 Å². The zero-order valence-corrected chi connectivity index (χ0v) is 24.2. The van der Waals surface area contributed by atoms with Crippen LogP contribution in [0, 0.1) is 0 Å². The largest absolute Gasteiger partial charge is 0.594 e. The Bertz CT molecular complexity index is 678. The second kappa shape index (κ2) is 19.9. The number of unbranched alkanes of at least 4 members (excludes halogenated alkanes) is 9. The second-order valence-electron chi connectivity index (χ2n) is 10.0. The number of hydrogen-bond donors (Lipinski definition) is 0. The van der Waals surface area contributed by atoms with Crippen molar-refractivity contribution in [1.29, 1.82) is 0 Å². The zero-order chi connectivity index (χ0) is 24.3. The van der Waals surface area contributed by atoms with Crippen molar-refractivity contribution in [2.75, 3.05) is 39.4 Å². The number of benzene rings is 1. The van der Waals surface area contributed by atoms with Gasteiger partial charge >= 0.3 is 0 Å². The van der Waals surface area contributed by atoms with Crippen LogP contribution in [0.4, 0.5) is 5.69 Å². The monoisotopic (exact) mass is 554 g/mol. The van der Waals surface area contributed by atoms with Crippen LogP contribution in [0.5, 0.6) is 5.75 Å². The molecule has 0 aliphatic carbocycles. The number of aliphatic imine (C=N–C) groups is 1. The van der Waals surface area contributed by atoms with Crippen LogP contribution in [-0.4, -0.2) is 50.0 Å². The van der Waals surface area contributed by atoms with E-state index >= 15 is 0 Å². The number of para-hydroxylation sites is 2. The first-order valence-corrected chi connectivity index (χ1v) is 14.1. The van der Waals surface area contributed by atoms with Crippen molar-refractivity contribution < 1.29 is 19.1 Å². The quantitative estimate of drug-likeness (QED) is 0.0824. The van der Waals surface area contributed by atoms with Crippen molar-refractivity contribution in [1.82, 2.24) is 0 Å². The molecule has 1 aromatic rings. The average molecular weight is 556 g/mol. The zero-order valence-electron chi connectivity index (χ0n) is 22.5. The van der Waals surface area contributed by atoms with E-state index in [4.69, 9.17) is 9.47 Å². The molecule has 0 atom stereocenters. The molecule has 35 heavy (non-hydrogen) atoms. The SMILES string of the molecule is Br.CCCCCCCC[N+]1(CCOC([O-])=Nc2ccccc2OCCCCCCC)CCCCC1. The highest BCUT2D eigenvalue weighted by atomic mass is 79.9. The highest BCUT2D eigenvalue weighted by molar-refractivity contribution is 8.93. The third-order valence-electron chi connectivity index (χ3n) is 7.12. The van der Waals surface area contributed by atoms with Gasteiger partial charge in [-0.3, -0.25) is 0 Å². The summed E-state index contributed by atoms with van der Waals surface area (Å²) in [6.07, 6.45) is 17.3. The third kappa shape index (κ3) is 13.6. The highest BCUT2D eigenvalue weighted by Crippen LogP contribution is 2.27. The lowest BCUT2D eigenvalue weighted by molar-refractivity contribution is -0.932. The number of ether oxygens (including phenoxy) is 2. The van der Waals surface area contributed by atoms with Gasteiger partial charge in [-0.1, -0.05) is 77.3 Å². The number of hydrogen-bond acceptors (Lipinski definition) is 4. The Balaban J connectivity index is 0.00000612. The maximum Gasteiger partial charge on any atom is 0.151 e. The maximum atomic E-state index is 12.5. The van der Waals surface area contributed by atoms with Crippen LogP contribution < -0.4 is 9.84 Å². The van der Waals surface area contributed by atoms with Gasteiger partial charge in [0.25, 0.3) is 0 Å². The molecule has 5 nitrogen and oxygen atoms in total. The Hall–Kier alpha value is -1.27. The molecule has 6 heteroatoms. The van der Waals surface area contributed by atoms with Crippen molar-refractivity contribution in [3.05, 3.63) is 24.3 Å². The van der Waals surface area contributed by atoms with Crippen LogP contribution in [-0.2, 0) is 4.74 Å². The predicted molar refractivity (Wildman–Crippen MR) is 151 cm³/mol. The summed E-state index contributed by atoms with van der Waals surface area (Å²) in [5, 5.41) is 12.5. The molecule has 0 saturated carbocycles. The molecule has 0 N–H and O–H groups in total. The minimum atomic E-state index is -0.506. The molecule has 1 aliphatic heterocycles. The van der Waals surface area contributed by atoms with Crippen molar-refractivity contribution in [2.24, 2.45) is 4.99 Å². The summed E-state index contributed by atoms with van der Waals surface area (Å²) in [6.45, 7) is 10.2. The van der Waals surface area contributed by atoms with E-state index < -0.39 is 6.08 Å². The van der Waals surface area contributed by atoms with Gasteiger partial charge in [-0.25, -0.2) is 4.99 Å². The van der Waals surface area contributed by atoms with Crippen LogP contribution in [0.2, 0.25) is 0 Å². The van der Waals surface area contributed by atoms with Gasteiger partial charge in [-0.2, -0.15) is 0 Å². The normalized spacial score (nSPS) is 15.4. The predicted octanol–water partition coefficient (Wildman–Crippen LogP) is 7.34. The van der Waals surface area contributed by atoms with Gasteiger partial charge < -0.3 is 19.1 Å². The number of halogens is 1. The lowest BCUT2D eigenvalue weighted by Gasteiger charge is -2.42. The third-order valence-corrected chi connectivity index (χ3v) is 7.12. The molecule has 202 valence electrons. The fraction of sp³-hybridized carbons (Fsp3) is 0.759. The molecule has 0 amide bonds.